The standard InChI is InChI=1S/C16H24N2O2/c1-15(12-19,13-7-3-2-4-8-13)18-14(20)16(11-17)9-5-6-10-16/h2-4,7-8,19H,5-6,9-12,17H2,1H3,(H,18,20). The quantitative estimate of drug-likeness (QED) is 0.763. The molecule has 1 aromatic carbocycles. The Morgan fingerprint density at radius 3 is 2.45 bits per heavy atom. The molecule has 1 atom stereocenters. The van der Waals surface area contributed by atoms with Gasteiger partial charge in [-0.1, -0.05) is 43.2 Å². The molecule has 0 bridgehead atoms. The summed E-state index contributed by atoms with van der Waals surface area (Å²) in [4.78, 5) is 12.6. The Morgan fingerprint density at radius 2 is 1.95 bits per heavy atom. The van der Waals surface area contributed by atoms with E-state index >= 15 is 0 Å². The summed E-state index contributed by atoms with van der Waals surface area (Å²) in [6.45, 7) is 2.08. The maximum Gasteiger partial charge on any atom is 0.228 e. The summed E-state index contributed by atoms with van der Waals surface area (Å²) >= 11 is 0. The molecule has 1 aliphatic rings. The molecular formula is C16H24N2O2. The van der Waals surface area contributed by atoms with Crippen LogP contribution in [0, 0.1) is 5.41 Å². The molecule has 1 unspecified atom stereocenters. The Labute approximate surface area is 120 Å². The third kappa shape index (κ3) is 2.72. The second-order valence-corrected chi connectivity index (χ2v) is 6.00. The SMILES string of the molecule is CC(CO)(NC(=O)C1(CN)CCCC1)c1ccccc1. The van der Waals surface area contributed by atoms with Crippen LogP contribution < -0.4 is 11.1 Å². The molecule has 1 aromatic rings. The van der Waals surface area contributed by atoms with Crippen molar-refractivity contribution in [1.82, 2.24) is 5.32 Å². The van der Waals surface area contributed by atoms with Crippen molar-refractivity contribution in [2.45, 2.75) is 38.1 Å². The van der Waals surface area contributed by atoms with Crippen LogP contribution in [0.25, 0.3) is 0 Å². The fourth-order valence-corrected chi connectivity index (χ4v) is 2.97. The van der Waals surface area contributed by atoms with Crippen LogP contribution in [0.3, 0.4) is 0 Å². The molecule has 0 heterocycles. The van der Waals surface area contributed by atoms with E-state index in [1.807, 2.05) is 37.3 Å². The molecule has 0 spiro atoms. The molecule has 1 saturated carbocycles. The monoisotopic (exact) mass is 276 g/mol. The van der Waals surface area contributed by atoms with E-state index in [1.54, 1.807) is 0 Å². The van der Waals surface area contributed by atoms with E-state index in [0.717, 1.165) is 31.2 Å². The summed E-state index contributed by atoms with van der Waals surface area (Å²) in [7, 11) is 0. The lowest BCUT2D eigenvalue weighted by Crippen LogP contribution is -2.53. The summed E-state index contributed by atoms with van der Waals surface area (Å²) in [6, 6.07) is 9.56. The third-order valence-corrected chi connectivity index (χ3v) is 4.55. The highest BCUT2D eigenvalue weighted by Gasteiger charge is 2.42. The fraction of sp³-hybridized carbons (Fsp3) is 0.562. The van der Waals surface area contributed by atoms with Gasteiger partial charge < -0.3 is 16.2 Å². The van der Waals surface area contributed by atoms with Crippen molar-refractivity contribution in [1.29, 1.82) is 0 Å². The van der Waals surface area contributed by atoms with Gasteiger partial charge in [-0.3, -0.25) is 4.79 Å². The van der Waals surface area contributed by atoms with Gasteiger partial charge in [-0.05, 0) is 25.3 Å². The minimum Gasteiger partial charge on any atom is -0.394 e. The van der Waals surface area contributed by atoms with Gasteiger partial charge in [0, 0.05) is 6.54 Å². The van der Waals surface area contributed by atoms with E-state index in [0.29, 0.717) is 6.54 Å². The second-order valence-electron chi connectivity index (χ2n) is 6.00. The normalized spacial score (nSPS) is 20.4. The molecule has 2 rings (SSSR count). The van der Waals surface area contributed by atoms with Crippen molar-refractivity contribution in [2.75, 3.05) is 13.2 Å². The molecule has 1 aliphatic carbocycles. The van der Waals surface area contributed by atoms with Gasteiger partial charge in [0.15, 0.2) is 0 Å². The second kappa shape index (κ2) is 5.94. The first-order valence-electron chi connectivity index (χ1n) is 7.25. The van der Waals surface area contributed by atoms with E-state index in [-0.39, 0.29) is 12.5 Å². The molecule has 4 N–H and O–H groups in total. The van der Waals surface area contributed by atoms with Gasteiger partial charge in [0.05, 0.1) is 17.6 Å². The fourth-order valence-electron chi connectivity index (χ4n) is 2.97. The topological polar surface area (TPSA) is 75.3 Å². The zero-order valence-corrected chi connectivity index (χ0v) is 12.1. The number of nitrogens with two attached hydrogens (primary N) is 1. The van der Waals surface area contributed by atoms with E-state index in [1.165, 1.54) is 0 Å². The van der Waals surface area contributed by atoms with Crippen LogP contribution in [0.2, 0.25) is 0 Å². The van der Waals surface area contributed by atoms with Crippen molar-refractivity contribution < 1.29 is 9.90 Å². The van der Waals surface area contributed by atoms with Crippen LogP contribution in [0.5, 0.6) is 0 Å². The van der Waals surface area contributed by atoms with Gasteiger partial charge >= 0.3 is 0 Å². The predicted octanol–water partition coefficient (Wildman–Crippen LogP) is 1.53. The number of benzene rings is 1. The maximum atomic E-state index is 12.6. The molecule has 1 amide bonds. The molecule has 0 aromatic heterocycles. The summed E-state index contributed by atoms with van der Waals surface area (Å²) < 4.78 is 0. The number of rotatable bonds is 5. The van der Waals surface area contributed by atoms with Gasteiger partial charge in [-0.2, -0.15) is 0 Å². The number of amides is 1. The maximum absolute atomic E-state index is 12.6. The average Bonchev–Trinajstić information content (AvgIpc) is 2.98. The van der Waals surface area contributed by atoms with E-state index in [2.05, 4.69) is 5.32 Å². The summed E-state index contributed by atoms with van der Waals surface area (Å²) in [5.74, 6) is -0.0297. The number of hydrogen-bond donors (Lipinski definition) is 3. The summed E-state index contributed by atoms with van der Waals surface area (Å²) in [5.41, 5.74) is 5.54. The Morgan fingerprint density at radius 1 is 1.35 bits per heavy atom. The molecule has 110 valence electrons. The van der Waals surface area contributed by atoms with Gasteiger partial charge in [-0.25, -0.2) is 0 Å². The molecule has 1 fully saturated rings. The van der Waals surface area contributed by atoms with Crippen molar-refractivity contribution in [3.8, 4) is 0 Å². The highest BCUT2D eigenvalue weighted by Crippen LogP contribution is 2.38. The molecule has 4 nitrogen and oxygen atoms in total. The highest BCUT2D eigenvalue weighted by atomic mass is 16.3. The number of hydrogen-bond acceptors (Lipinski definition) is 3. The van der Waals surface area contributed by atoms with Crippen LogP contribution >= 0.6 is 0 Å². The number of nitrogens with one attached hydrogen (secondary N) is 1. The Kier molecular flexibility index (Phi) is 4.45. The molecule has 0 saturated heterocycles. The first kappa shape index (κ1) is 15.0. The first-order valence-corrected chi connectivity index (χ1v) is 7.25. The lowest BCUT2D eigenvalue weighted by molar-refractivity contribution is -0.133. The minimum atomic E-state index is -0.761. The summed E-state index contributed by atoms with van der Waals surface area (Å²) in [5, 5.41) is 12.8. The number of aliphatic hydroxyl groups excluding tert-OH is 1. The Bertz CT molecular complexity index is 455. The lowest BCUT2D eigenvalue weighted by atomic mass is 9.83. The largest absolute Gasteiger partial charge is 0.394 e. The van der Waals surface area contributed by atoms with Gasteiger partial charge in [0.25, 0.3) is 0 Å². The molecule has 4 heteroatoms. The van der Waals surface area contributed by atoms with Crippen molar-refractivity contribution in [2.24, 2.45) is 11.1 Å². The van der Waals surface area contributed by atoms with Crippen LogP contribution in [-0.2, 0) is 10.3 Å². The average molecular weight is 276 g/mol. The van der Waals surface area contributed by atoms with Gasteiger partial charge in [0.1, 0.15) is 0 Å². The Hall–Kier alpha value is -1.39. The molecule has 0 radical (unpaired) electrons. The molecule has 20 heavy (non-hydrogen) atoms. The Balaban J connectivity index is 2.20. The summed E-state index contributed by atoms with van der Waals surface area (Å²) in [6.07, 6.45) is 3.77. The van der Waals surface area contributed by atoms with Crippen molar-refractivity contribution in [3.63, 3.8) is 0 Å². The van der Waals surface area contributed by atoms with Crippen LogP contribution in [0.15, 0.2) is 30.3 Å². The van der Waals surface area contributed by atoms with Crippen LogP contribution in [0.4, 0.5) is 0 Å². The number of carbonyl (C=O) groups is 1. The van der Waals surface area contributed by atoms with Crippen molar-refractivity contribution >= 4 is 5.91 Å². The zero-order chi connectivity index (χ0) is 14.6. The zero-order valence-electron chi connectivity index (χ0n) is 12.1. The van der Waals surface area contributed by atoms with E-state index in [4.69, 9.17) is 5.73 Å². The minimum absolute atomic E-state index is 0.0297. The molecule has 0 aliphatic heterocycles. The molecular weight excluding hydrogens is 252 g/mol. The van der Waals surface area contributed by atoms with Gasteiger partial charge in [0.2, 0.25) is 5.91 Å². The lowest BCUT2D eigenvalue weighted by Gasteiger charge is -2.35. The van der Waals surface area contributed by atoms with E-state index in [9.17, 15) is 9.90 Å². The van der Waals surface area contributed by atoms with Crippen molar-refractivity contribution in [3.05, 3.63) is 35.9 Å². The highest BCUT2D eigenvalue weighted by molar-refractivity contribution is 5.84. The number of carbonyl (C=O) groups excluding carboxylic acids is 1. The first-order chi connectivity index (χ1) is 9.56. The van der Waals surface area contributed by atoms with E-state index < -0.39 is 11.0 Å². The number of aliphatic hydroxyl groups is 1. The van der Waals surface area contributed by atoms with Crippen LogP contribution in [-0.4, -0.2) is 24.2 Å². The van der Waals surface area contributed by atoms with Crippen LogP contribution in [0.1, 0.15) is 38.2 Å². The third-order valence-electron chi connectivity index (χ3n) is 4.55. The van der Waals surface area contributed by atoms with Gasteiger partial charge in [-0.15, -0.1) is 0 Å². The predicted molar refractivity (Wildman–Crippen MR) is 79.0 cm³/mol. The smallest absolute Gasteiger partial charge is 0.228 e.